The fraction of sp³-hybridized carbons (Fsp3) is 1.00. The number of hydrogen-bond donors (Lipinski definition) is 1. The first-order chi connectivity index (χ1) is 7.55. The highest BCUT2D eigenvalue weighted by atomic mass is 16.5. The van der Waals surface area contributed by atoms with Crippen LogP contribution in [0.4, 0.5) is 0 Å². The summed E-state index contributed by atoms with van der Waals surface area (Å²) >= 11 is 0. The van der Waals surface area contributed by atoms with Crippen LogP contribution < -0.4 is 0 Å². The van der Waals surface area contributed by atoms with E-state index >= 15 is 0 Å². The Hall–Kier alpha value is -0.120. The van der Waals surface area contributed by atoms with Gasteiger partial charge in [0.25, 0.3) is 0 Å². The van der Waals surface area contributed by atoms with E-state index in [-0.39, 0.29) is 11.7 Å². The molecule has 1 aliphatic carbocycles. The van der Waals surface area contributed by atoms with Gasteiger partial charge in [-0.2, -0.15) is 0 Å². The normalized spacial score (nSPS) is 26.2. The quantitative estimate of drug-likeness (QED) is 0.682. The second-order valence-corrected chi connectivity index (χ2v) is 5.37. The van der Waals surface area contributed by atoms with Gasteiger partial charge in [-0.05, 0) is 45.4 Å². The zero-order valence-electron chi connectivity index (χ0n) is 10.9. The van der Waals surface area contributed by atoms with Crippen molar-refractivity contribution < 1.29 is 14.6 Å². The number of rotatable bonds is 7. The van der Waals surface area contributed by atoms with Crippen LogP contribution in [0.1, 0.15) is 46.0 Å². The van der Waals surface area contributed by atoms with Crippen molar-refractivity contribution in [2.45, 2.75) is 57.7 Å². The summed E-state index contributed by atoms with van der Waals surface area (Å²) in [6, 6.07) is 0. The van der Waals surface area contributed by atoms with Crippen molar-refractivity contribution in [3.8, 4) is 0 Å². The molecule has 0 heterocycles. The first-order valence-corrected chi connectivity index (χ1v) is 6.36. The lowest BCUT2D eigenvalue weighted by Crippen LogP contribution is -2.24. The van der Waals surface area contributed by atoms with E-state index in [9.17, 15) is 5.11 Å². The number of methoxy groups -OCH3 is 1. The first kappa shape index (κ1) is 13.9. The Balaban J connectivity index is 2.00. The molecule has 0 spiro atoms. The maximum Gasteiger partial charge on any atom is 0.0644 e. The summed E-state index contributed by atoms with van der Waals surface area (Å²) in [4.78, 5) is 0. The molecular formula is C13H26O3. The number of hydrogen-bond acceptors (Lipinski definition) is 3. The molecule has 0 bridgehead atoms. The van der Waals surface area contributed by atoms with Gasteiger partial charge < -0.3 is 14.6 Å². The number of ether oxygens (including phenoxy) is 2. The largest absolute Gasteiger partial charge is 0.393 e. The highest BCUT2D eigenvalue weighted by Crippen LogP contribution is 2.28. The van der Waals surface area contributed by atoms with Crippen LogP contribution >= 0.6 is 0 Å². The van der Waals surface area contributed by atoms with Gasteiger partial charge in [0, 0.05) is 20.3 Å². The van der Waals surface area contributed by atoms with Gasteiger partial charge in [-0.25, -0.2) is 0 Å². The van der Waals surface area contributed by atoms with Gasteiger partial charge in [0.2, 0.25) is 0 Å². The monoisotopic (exact) mass is 230 g/mol. The van der Waals surface area contributed by atoms with E-state index in [1.54, 1.807) is 7.11 Å². The smallest absolute Gasteiger partial charge is 0.0644 e. The van der Waals surface area contributed by atoms with Crippen molar-refractivity contribution in [1.29, 1.82) is 0 Å². The number of aliphatic hydroxyl groups excluding tert-OH is 1. The Labute approximate surface area is 99.1 Å². The minimum atomic E-state index is -0.0904. The van der Waals surface area contributed by atoms with Crippen LogP contribution in [0.2, 0.25) is 0 Å². The van der Waals surface area contributed by atoms with E-state index in [1.165, 1.54) is 6.42 Å². The highest BCUT2D eigenvalue weighted by Gasteiger charge is 2.24. The summed E-state index contributed by atoms with van der Waals surface area (Å²) < 4.78 is 10.9. The maximum absolute atomic E-state index is 9.64. The molecule has 0 aromatic carbocycles. The van der Waals surface area contributed by atoms with Gasteiger partial charge in [-0.1, -0.05) is 6.42 Å². The average Bonchev–Trinajstić information content (AvgIpc) is 2.64. The van der Waals surface area contributed by atoms with Crippen LogP contribution in [0, 0.1) is 5.92 Å². The molecule has 1 saturated carbocycles. The lowest BCUT2D eigenvalue weighted by Gasteiger charge is -2.22. The molecule has 0 amide bonds. The molecule has 0 aromatic rings. The van der Waals surface area contributed by atoms with E-state index in [1.807, 2.05) is 0 Å². The Bertz CT molecular complexity index is 192. The zero-order chi connectivity index (χ0) is 12.0. The van der Waals surface area contributed by atoms with E-state index < -0.39 is 0 Å². The predicted octanol–water partition coefficient (Wildman–Crippen LogP) is 2.37. The molecule has 3 heteroatoms. The minimum Gasteiger partial charge on any atom is -0.393 e. The Morgan fingerprint density at radius 1 is 1.25 bits per heavy atom. The van der Waals surface area contributed by atoms with Crippen molar-refractivity contribution >= 4 is 0 Å². The summed E-state index contributed by atoms with van der Waals surface area (Å²) in [5, 5.41) is 9.64. The van der Waals surface area contributed by atoms with E-state index in [0.29, 0.717) is 5.92 Å². The molecule has 1 rings (SSSR count). The fourth-order valence-corrected chi connectivity index (χ4v) is 2.11. The van der Waals surface area contributed by atoms with Crippen molar-refractivity contribution in [2.75, 3.05) is 20.3 Å². The molecule has 1 aliphatic rings. The van der Waals surface area contributed by atoms with Crippen LogP contribution in [-0.4, -0.2) is 37.1 Å². The summed E-state index contributed by atoms with van der Waals surface area (Å²) in [6.07, 6.45) is 5.13. The van der Waals surface area contributed by atoms with Crippen LogP contribution in [-0.2, 0) is 9.47 Å². The van der Waals surface area contributed by atoms with Crippen molar-refractivity contribution in [1.82, 2.24) is 0 Å². The zero-order valence-corrected chi connectivity index (χ0v) is 10.9. The molecule has 0 saturated heterocycles. The molecule has 96 valence electrons. The van der Waals surface area contributed by atoms with Crippen molar-refractivity contribution in [2.24, 2.45) is 5.92 Å². The summed E-state index contributed by atoms with van der Waals surface area (Å²) in [5.74, 6) is 0.468. The average molecular weight is 230 g/mol. The van der Waals surface area contributed by atoms with E-state index in [0.717, 1.165) is 38.9 Å². The maximum atomic E-state index is 9.64. The molecule has 0 radical (unpaired) electrons. The van der Waals surface area contributed by atoms with Gasteiger partial charge in [-0.15, -0.1) is 0 Å². The molecule has 2 unspecified atom stereocenters. The van der Waals surface area contributed by atoms with Crippen molar-refractivity contribution in [3.05, 3.63) is 0 Å². The Kier molecular flexibility index (Phi) is 5.73. The Morgan fingerprint density at radius 2 is 2.00 bits per heavy atom. The molecule has 0 aliphatic heterocycles. The fourth-order valence-electron chi connectivity index (χ4n) is 2.11. The molecule has 1 N–H and O–H groups in total. The third-order valence-electron chi connectivity index (χ3n) is 3.65. The van der Waals surface area contributed by atoms with Crippen LogP contribution in [0.3, 0.4) is 0 Å². The van der Waals surface area contributed by atoms with Crippen molar-refractivity contribution in [3.63, 3.8) is 0 Å². The summed E-state index contributed by atoms with van der Waals surface area (Å²) in [7, 11) is 1.73. The topological polar surface area (TPSA) is 38.7 Å². The second-order valence-electron chi connectivity index (χ2n) is 5.37. The summed E-state index contributed by atoms with van der Waals surface area (Å²) in [6.45, 7) is 5.64. The standard InChI is InChI=1S/C13H26O3/c1-13(2,15-3)8-10-16-9-7-11-5-4-6-12(11)14/h11-12,14H,4-10H2,1-3H3. The second kappa shape index (κ2) is 6.58. The molecule has 1 fully saturated rings. The molecule has 0 aromatic heterocycles. The van der Waals surface area contributed by atoms with Crippen LogP contribution in [0.15, 0.2) is 0 Å². The predicted molar refractivity (Wildman–Crippen MR) is 64.5 cm³/mol. The molecule has 16 heavy (non-hydrogen) atoms. The molecule has 3 nitrogen and oxygen atoms in total. The molecular weight excluding hydrogens is 204 g/mol. The van der Waals surface area contributed by atoms with E-state index in [2.05, 4.69) is 13.8 Å². The molecule has 2 atom stereocenters. The lowest BCUT2D eigenvalue weighted by molar-refractivity contribution is -0.0127. The van der Waals surface area contributed by atoms with Gasteiger partial charge in [0.05, 0.1) is 11.7 Å². The highest BCUT2D eigenvalue weighted by molar-refractivity contribution is 4.76. The Morgan fingerprint density at radius 3 is 2.56 bits per heavy atom. The summed E-state index contributed by atoms with van der Waals surface area (Å²) in [5.41, 5.74) is -0.0904. The van der Waals surface area contributed by atoms with Crippen LogP contribution in [0.25, 0.3) is 0 Å². The SMILES string of the molecule is COC(C)(C)CCOCCC1CCCC1O. The lowest BCUT2D eigenvalue weighted by atomic mass is 10.0. The van der Waals surface area contributed by atoms with Gasteiger partial charge in [0.15, 0.2) is 0 Å². The van der Waals surface area contributed by atoms with Gasteiger partial charge in [0.1, 0.15) is 0 Å². The van der Waals surface area contributed by atoms with Gasteiger partial charge >= 0.3 is 0 Å². The first-order valence-electron chi connectivity index (χ1n) is 6.36. The third kappa shape index (κ3) is 4.81. The minimum absolute atomic E-state index is 0.0842. The van der Waals surface area contributed by atoms with E-state index in [4.69, 9.17) is 9.47 Å². The number of aliphatic hydroxyl groups is 1. The van der Waals surface area contributed by atoms with Gasteiger partial charge in [-0.3, -0.25) is 0 Å². The third-order valence-corrected chi connectivity index (χ3v) is 3.65. The van der Waals surface area contributed by atoms with Crippen LogP contribution in [0.5, 0.6) is 0 Å².